The first-order valence-corrected chi connectivity index (χ1v) is 22.7. The Morgan fingerprint density at radius 2 is 0.788 bits per heavy atom. The molecule has 0 bridgehead atoms. The largest absolute Gasteiger partial charge is 0.310 e. The van der Waals surface area contributed by atoms with Crippen molar-refractivity contribution in [3.63, 3.8) is 0 Å². The van der Waals surface area contributed by atoms with E-state index in [1.807, 2.05) is 0 Å². The van der Waals surface area contributed by atoms with Crippen LogP contribution in [0.1, 0.15) is 0 Å². The molecular formula is C64H44N2. The average molecular weight is 841 g/mol. The molecule has 0 fully saturated rings. The zero-order chi connectivity index (χ0) is 43.8. The van der Waals surface area contributed by atoms with Gasteiger partial charge in [0.2, 0.25) is 0 Å². The lowest BCUT2D eigenvalue weighted by molar-refractivity contribution is 1.18. The molecule has 2 nitrogen and oxygen atoms in total. The van der Waals surface area contributed by atoms with E-state index in [4.69, 9.17) is 0 Å². The monoisotopic (exact) mass is 840 g/mol. The van der Waals surface area contributed by atoms with Crippen LogP contribution in [0.25, 0.3) is 93.9 Å². The molecule has 0 amide bonds. The second-order valence-corrected chi connectivity index (χ2v) is 16.9. The Morgan fingerprint density at radius 1 is 0.258 bits per heavy atom. The first-order chi connectivity index (χ1) is 32.7. The molecule has 0 saturated carbocycles. The highest BCUT2D eigenvalue weighted by Crippen LogP contribution is 2.46. The van der Waals surface area contributed by atoms with E-state index < -0.39 is 0 Å². The lowest BCUT2D eigenvalue weighted by Crippen LogP contribution is -2.11. The van der Waals surface area contributed by atoms with Gasteiger partial charge in [0.1, 0.15) is 0 Å². The Kier molecular flexibility index (Phi) is 9.89. The van der Waals surface area contributed by atoms with E-state index in [1.165, 1.54) is 71.5 Å². The second-order valence-electron chi connectivity index (χ2n) is 16.9. The Bertz CT molecular complexity index is 3700. The molecule has 66 heavy (non-hydrogen) atoms. The Morgan fingerprint density at radius 3 is 1.58 bits per heavy atom. The second kappa shape index (κ2) is 16.8. The number of para-hydroxylation sites is 3. The van der Waals surface area contributed by atoms with Crippen molar-refractivity contribution in [2.24, 2.45) is 0 Å². The summed E-state index contributed by atoms with van der Waals surface area (Å²) in [5.74, 6) is 0. The number of rotatable bonds is 9. The normalized spacial score (nSPS) is 11.3. The smallest absolute Gasteiger partial charge is 0.0547 e. The maximum Gasteiger partial charge on any atom is 0.0547 e. The van der Waals surface area contributed by atoms with Crippen LogP contribution in [-0.4, -0.2) is 4.57 Å². The molecule has 0 aliphatic heterocycles. The molecule has 2 heteroatoms. The van der Waals surface area contributed by atoms with E-state index in [2.05, 4.69) is 276 Å². The van der Waals surface area contributed by atoms with Crippen molar-refractivity contribution >= 4 is 49.6 Å². The minimum atomic E-state index is 1.07. The number of nitrogens with zero attached hydrogens (tertiary/aromatic N) is 2. The van der Waals surface area contributed by atoms with Gasteiger partial charge in [0.15, 0.2) is 0 Å². The van der Waals surface area contributed by atoms with Crippen LogP contribution in [0.5, 0.6) is 0 Å². The van der Waals surface area contributed by atoms with Crippen molar-refractivity contribution in [3.05, 3.63) is 267 Å². The predicted octanol–water partition coefficient (Wildman–Crippen LogP) is 17.7. The summed E-state index contributed by atoms with van der Waals surface area (Å²) >= 11 is 0. The summed E-state index contributed by atoms with van der Waals surface area (Å²) in [6.07, 6.45) is 0. The summed E-state index contributed by atoms with van der Waals surface area (Å²) in [7, 11) is 0. The molecule has 0 aliphatic rings. The number of hydrogen-bond acceptors (Lipinski definition) is 1. The third-order valence-corrected chi connectivity index (χ3v) is 13.0. The quantitative estimate of drug-likeness (QED) is 0.141. The van der Waals surface area contributed by atoms with Crippen LogP contribution < -0.4 is 4.90 Å². The number of anilines is 3. The van der Waals surface area contributed by atoms with E-state index in [0.717, 1.165) is 39.4 Å². The van der Waals surface area contributed by atoms with E-state index in [0.29, 0.717) is 0 Å². The van der Waals surface area contributed by atoms with E-state index in [-0.39, 0.29) is 0 Å². The fourth-order valence-corrected chi connectivity index (χ4v) is 9.87. The van der Waals surface area contributed by atoms with Crippen LogP contribution in [0, 0.1) is 0 Å². The fourth-order valence-electron chi connectivity index (χ4n) is 9.87. The molecule has 310 valence electrons. The molecule has 0 atom stereocenters. The standard InChI is InChI=1S/C64H44N2/c1-3-19-47(20-4-1)55-26-9-10-27-56(55)57-28-11-12-29-58(57)59-30-13-15-32-62(59)65(53-39-36-46(37-40-53)50-35-34-45-18-7-8-21-48(45)42-50)54-25-17-22-49(43-54)51-38-41-61-60-31-14-16-33-63(60)66(64(61)44-51)52-23-5-2-6-24-52/h1-44H. The fraction of sp³-hybridized carbons (Fsp3) is 0. The Balaban J connectivity index is 1.03. The van der Waals surface area contributed by atoms with Crippen LogP contribution in [0.3, 0.4) is 0 Å². The van der Waals surface area contributed by atoms with E-state index in [1.54, 1.807) is 0 Å². The molecule has 0 unspecified atom stereocenters. The average Bonchev–Trinajstić information content (AvgIpc) is 3.73. The van der Waals surface area contributed by atoms with Crippen LogP contribution in [-0.2, 0) is 0 Å². The molecule has 0 N–H and O–H groups in total. The zero-order valence-corrected chi connectivity index (χ0v) is 36.3. The highest BCUT2D eigenvalue weighted by molar-refractivity contribution is 6.10. The molecule has 1 aromatic heterocycles. The lowest BCUT2D eigenvalue weighted by atomic mass is 9.88. The summed E-state index contributed by atoms with van der Waals surface area (Å²) < 4.78 is 2.39. The lowest BCUT2D eigenvalue weighted by Gasteiger charge is -2.29. The molecule has 0 aliphatic carbocycles. The maximum atomic E-state index is 2.43. The third kappa shape index (κ3) is 7.02. The minimum Gasteiger partial charge on any atom is -0.310 e. The van der Waals surface area contributed by atoms with Crippen molar-refractivity contribution in [2.75, 3.05) is 4.90 Å². The maximum absolute atomic E-state index is 2.43. The summed E-state index contributed by atoms with van der Waals surface area (Å²) in [4.78, 5) is 2.43. The van der Waals surface area contributed by atoms with Crippen molar-refractivity contribution in [2.45, 2.75) is 0 Å². The van der Waals surface area contributed by atoms with Crippen LogP contribution >= 0.6 is 0 Å². The van der Waals surface area contributed by atoms with Crippen molar-refractivity contribution < 1.29 is 0 Å². The number of aromatic nitrogens is 1. The highest BCUT2D eigenvalue weighted by Gasteiger charge is 2.21. The summed E-state index contributed by atoms with van der Waals surface area (Å²) in [5, 5.41) is 4.97. The van der Waals surface area contributed by atoms with Gasteiger partial charge in [-0.05, 0) is 122 Å². The number of benzene rings is 11. The molecule has 0 spiro atoms. The first-order valence-electron chi connectivity index (χ1n) is 22.7. The molecule has 0 radical (unpaired) electrons. The van der Waals surface area contributed by atoms with Crippen LogP contribution in [0.4, 0.5) is 17.1 Å². The van der Waals surface area contributed by atoms with Crippen molar-refractivity contribution in [3.8, 4) is 61.3 Å². The van der Waals surface area contributed by atoms with Gasteiger partial charge in [-0.25, -0.2) is 0 Å². The molecule has 12 rings (SSSR count). The highest BCUT2D eigenvalue weighted by atomic mass is 15.1. The van der Waals surface area contributed by atoms with Gasteiger partial charge in [0, 0.05) is 33.4 Å². The van der Waals surface area contributed by atoms with Crippen LogP contribution in [0.2, 0.25) is 0 Å². The third-order valence-electron chi connectivity index (χ3n) is 13.0. The molecule has 12 aromatic rings. The van der Waals surface area contributed by atoms with Gasteiger partial charge in [0.25, 0.3) is 0 Å². The minimum absolute atomic E-state index is 1.07. The molecular weight excluding hydrogens is 797 g/mol. The van der Waals surface area contributed by atoms with Gasteiger partial charge in [-0.2, -0.15) is 0 Å². The summed E-state index contributed by atoms with van der Waals surface area (Å²) in [6.45, 7) is 0. The zero-order valence-electron chi connectivity index (χ0n) is 36.3. The topological polar surface area (TPSA) is 8.17 Å². The molecule has 0 saturated heterocycles. The number of fused-ring (bicyclic) bond motifs is 4. The summed E-state index contributed by atoms with van der Waals surface area (Å²) in [6, 6.07) is 97.0. The number of hydrogen-bond donors (Lipinski definition) is 0. The Labute approximate surface area is 385 Å². The van der Waals surface area contributed by atoms with E-state index >= 15 is 0 Å². The Hall–Kier alpha value is -8.72. The van der Waals surface area contributed by atoms with Gasteiger partial charge in [-0.1, -0.05) is 206 Å². The molecule has 11 aromatic carbocycles. The first kappa shape index (κ1) is 38.9. The van der Waals surface area contributed by atoms with E-state index in [9.17, 15) is 0 Å². The predicted molar refractivity (Wildman–Crippen MR) is 280 cm³/mol. The van der Waals surface area contributed by atoms with Crippen LogP contribution in [0.15, 0.2) is 267 Å². The molecule has 1 heterocycles. The van der Waals surface area contributed by atoms with Gasteiger partial charge < -0.3 is 9.47 Å². The van der Waals surface area contributed by atoms with Gasteiger partial charge in [0.05, 0.1) is 16.7 Å². The van der Waals surface area contributed by atoms with Gasteiger partial charge >= 0.3 is 0 Å². The van der Waals surface area contributed by atoms with Gasteiger partial charge in [-0.3, -0.25) is 0 Å². The van der Waals surface area contributed by atoms with Gasteiger partial charge in [-0.15, -0.1) is 0 Å². The van der Waals surface area contributed by atoms with Crippen molar-refractivity contribution in [1.82, 2.24) is 4.57 Å². The van der Waals surface area contributed by atoms with Crippen molar-refractivity contribution in [1.29, 1.82) is 0 Å². The summed E-state index contributed by atoms with van der Waals surface area (Å²) in [5.41, 5.74) is 18.6. The SMILES string of the molecule is c1ccc(-c2ccccc2-c2ccccc2-c2ccccc2N(c2ccc(-c3ccc4ccccc4c3)cc2)c2cccc(-c3ccc4c5ccccc5n(-c5ccccc5)c4c3)c2)cc1.